The molecule has 21 heavy (non-hydrogen) atoms. The van der Waals surface area contributed by atoms with Gasteiger partial charge >= 0.3 is 0 Å². The van der Waals surface area contributed by atoms with Crippen molar-refractivity contribution in [1.29, 1.82) is 0 Å². The monoisotopic (exact) mass is 362 g/mol. The van der Waals surface area contributed by atoms with Crippen molar-refractivity contribution in [1.82, 2.24) is 0 Å². The van der Waals surface area contributed by atoms with E-state index in [1.54, 1.807) is 0 Å². The van der Waals surface area contributed by atoms with Gasteiger partial charge in [-0.2, -0.15) is 0 Å². The van der Waals surface area contributed by atoms with Gasteiger partial charge in [0, 0.05) is 0 Å². The molecule has 1 aliphatic carbocycles. The summed E-state index contributed by atoms with van der Waals surface area (Å²) in [5, 5.41) is 19.3. The van der Waals surface area contributed by atoms with E-state index in [1.807, 2.05) is 0 Å². The van der Waals surface area contributed by atoms with Crippen molar-refractivity contribution < 1.29 is 10.2 Å². The summed E-state index contributed by atoms with van der Waals surface area (Å²) in [6, 6.07) is 0. The van der Waals surface area contributed by atoms with E-state index < -0.39 is 4.51 Å². The summed E-state index contributed by atoms with van der Waals surface area (Å²) >= 11 is 3.26. The van der Waals surface area contributed by atoms with Crippen LogP contribution in [0.25, 0.3) is 0 Å². The molecule has 1 atom stereocenters. The average Bonchev–Trinajstić information content (AvgIpc) is 2.47. The number of hydrogen-bond acceptors (Lipinski definition) is 2. The van der Waals surface area contributed by atoms with Crippen molar-refractivity contribution in [3.05, 3.63) is 0 Å². The standard InChI is InChI=1S/C18H35BrO2/c19-18(21,16-20)15-17-13-11-9-7-5-3-1-2-4-6-8-10-12-14-17/h17,20-21H,1-16H2. The van der Waals surface area contributed by atoms with Gasteiger partial charge in [0.2, 0.25) is 0 Å². The Bertz CT molecular complexity index is 227. The van der Waals surface area contributed by atoms with Gasteiger partial charge in [-0.3, -0.25) is 0 Å². The Balaban J connectivity index is 2.36. The molecule has 1 rings (SSSR count). The zero-order valence-electron chi connectivity index (χ0n) is 13.7. The van der Waals surface area contributed by atoms with Gasteiger partial charge in [-0.15, -0.1) is 0 Å². The second-order valence-electron chi connectivity index (χ2n) is 6.97. The molecule has 2 N–H and O–H groups in total. The van der Waals surface area contributed by atoms with E-state index in [0.717, 1.165) is 0 Å². The summed E-state index contributed by atoms with van der Waals surface area (Å²) in [6.45, 7) is -0.191. The van der Waals surface area contributed by atoms with Crippen LogP contribution in [0.1, 0.15) is 96.3 Å². The number of aliphatic hydroxyl groups is 2. The zero-order valence-corrected chi connectivity index (χ0v) is 15.2. The van der Waals surface area contributed by atoms with E-state index in [9.17, 15) is 10.2 Å². The Morgan fingerprint density at radius 3 is 1.38 bits per heavy atom. The van der Waals surface area contributed by atoms with Gasteiger partial charge in [0.15, 0.2) is 0 Å². The molecule has 1 unspecified atom stereocenters. The van der Waals surface area contributed by atoms with Gasteiger partial charge < -0.3 is 10.2 Å². The summed E-state index contributed by atoms with van der Waals surface area (Å²) in [5.74, 6) is 0.548. The third-order valence-electron chi connectivity index (χ3n) is 4.82. The second-order valence-corrected chi connectivity index (χ2v) is 8.44. The first-order valence-corrected chi connectivity index (χ1v) is 9.95. The summed E-state index contributed by atoms with van der Waals surface area (Å²) in [6.07, 6.45) is 19.5. The smallest absolute Gasteiger partial charge is 0.142 e. The topological polar surface area (TPSA) is 40.5 Å². The summed E-state index contributed by atoms with van der Waals surface area (Å²) in [4.78, 5) is 0. The SMILES string of the molecule is OCC(O)(Br)CC1CCCCCCCCCCCCCC1. The number of aliphatic hydroxyl groups excluding tert-OH is 1. The van der Waals surface area contributed by atoms with Crippen molar-refractivity contribution >= 4 is 15.9 Å². The largest absolute Gasteiger partial charge is 0.392 e. The van der Waals surface area contributed by atoms with Crippen LogP contribution in [-0.4, -0.2) is 21.3 Å². The summed E-state index contributed by atoms with van der Waals surface area (Å²) in [5.41, 5.74) is 0. The molecule has 0 amide bonds. The minimum Gasteiger partial charge on any atom is -0.392 e. The molecule has 3 heteroatoms. The lowest BCUT2D eigenvalue weighted by atomic mass is 9.89. The minimum absolute atomic E-state index is 0.191. The molecule has 0 aromatic rings. The van der Waals surface area contributed by atoms with Crippen LogP contribution in [0.3, 0.4) is 0 Å². The predicted octanol–water partition coefficient (Wildman–Crippen LogP) is 5.54. The van der Waals surface area contributed by atoms with Crippen molar-refractivity contribution in [2.45, 2.75) is 101 Å². The zero-order chi connectivity index (χ0) is 15.4. The van der Waals surface area contributed by atoms with Crippen molar-refractivity contribution in [3.8, 4) is 0 Å². The van der Waals surface area contributed by atoms with Gasteiger partial charge in [0.1, 0.15) is 4.51 Å². The maximum absolute atomic E-state index is 10.1. The molecule has 2 nitrogen and oxygen atoms in total. The quantitative estimate of drug-likeness (QED) is 0.646. The van der Waals surface area contributed by atoms with Crippen LogP contribution in [-0.2, 0) is 0 Å². The number of halogens is 1. The molecule has 0 saturated heterocycles. The van der Waals surface area contributed by atoms with Crippen LogP contribution >= 0.6 is 15.9 Å². The Hall–Kier alpha value is 0.400. The van der Waals surface area contributed by atoms with E-state index in [2.05, 4.69) is 15.9 Å². The van der Waals surface area contributed by atoms with Gasteiger partial charge in [-0.25, -0.2) is 0 Å². The molecular weight excluding hydrogens is 328 g/mol. The Kier molecular flexibility index (Phi) is 11.0. The molecule has 1 aliphatic rings. The van der Waals surface area contributed by atoms with Crippen molar-refractivity contribution in [3.63, 3.8) is 0 Å². The Labute approximate surface area is 139 Å². The van der Waals surface area contributed by atoms with Crippen LogP contribution < -0.4 is 0 Å². The van der Waals surface area contributed by atoms with Crippen LogP contribution in [0.15, 0.2) is 0 Å². The van der Waals surface area contributed by atoms with Crippen molar-refractivity contribution in [2.24, 2.45) is 5.92 Å². The summed E-state index contributed by atoms with van der Waals surface area (Å²) < 4.78 is -1.07. The Morgan fingerprint density at radius 2 is 1.05 bits per heavy atom. The third-order valence-corrected chi connectivity index (χ3v) is 5.39. The highest BCUT2D eigenvalue weighted by atomic mass is 79.9. The maximum Gasteiger partial charge on any atom is 0.142 e. The fraction of sp³-hybridized carbons (Fsp3) is 1.00. The highest BCUT2D eigenvalue weighted by Gasteiger charge is 2.26. The predicted molar refractivity (Wildman–Crippen MR) is 93.7 cm³/mol. The van der Waals surface area contributed by atoms with E-state index in [4.69, 9.17) is 0 Å². The van der Waals surface area contributed by atoms with Crippen molar-refractivity contribution in [2.75, 3.05) is 6.61 Å². The lowest BCUT2D eigenvalue weighted by molar-refractivity contribution is 0.0471. The van der Waals surface area contributed by atoms with Crippen LogP contribution in [0, 0.1) is 5.92 Å². The highest BCUT2D eigenvalue weighted by molar-refractivity contribution is 9.10. The van der Waals surface area contributed by atoms with Crippen LogP contribution in [0.5, 0.6) is 0 Å². The summed E-state index contributed by atoms with van der Waals surface area (Å²) in [7, 11) is 0. The molecule has 0 radical (unpaired) electrons. The molecule has 0 spiro atoms. The molecule has 0 heterocycles. The molecule has 0 aliphatic heterocycles. The highest BCUT2D eigenvalue weighted by Crippen LogP contribution is 2.30. The molecule has 1 fully saturated rings. The molecule has 0 aromatic carbocycles. The molecular formula is C18H35BrO2. The van der Waals surface area contributed by atoms with Gasteiger partial charge in [0.05, 0.1) is 6.61 Å². The molecule has 1 saturated carbocycles. The fourth-order valence-electron chi connectivity index (χ4n) is 3.49. The molecule has 0 aromatic heterocycles. The fourth-order valence-corrected chi connectivity index (χ4v) is 3.95. The van der Waals surface area contributed by atoms with E-state index in [-0.39, 0.29) is 6.61 Å². The first-order chi connectivity index (χ1) is 10.1. The van der Waals surface area contributed by atoms with Gasteiger partial charge in [-0.05, 0) is 12.3 Å². The van der Waals surface area contributed by atoms with E-state index in [0.29, 0.717) is 12.3 Å². The Morgan fingerprint density at radius 1 is 0.714 bits per heavy atom. The van der Waals surface area contributed by atoms with Gasteiger partial charge in [-0.1, -0.05) is 106 Å². The van der Waals surface area contributed by atoms with Gasteiger partial charge in [0.25, 0.3) is 0 Å². The average molecular weight is 363 g/mol. The van der Waals surface area contributed by atoms with E-state index in [1.165, 1.54) is 89.9 Å². The second kappa shape index (κ2) is 11.9. The first kappa shape index (κ1) is 19.4. The lowest BCUT2D eigenvalue weighted by Gasteiger charge is -2.25. The molecule has 126 valence electrons. The maximum atomic E-state index is 10.1. The lowest BCUT2D eigenvalue weighted by Crippen LogP contribution is -2.28. The number of hydrogen-bond donors (Lipinski definition) is 2. The number of rotatable bonds is 3. The van der Waals surface area contributed by atoms with Crippen LogP contribution in [0.2, 0.25) is 0 Å². The molecule has 0 bridgehead atoms. The first-order valence-electron chi connectivity index (χ1n) is 9.16. The third kappa shape index (κ3) is 10.7. The normalized spacial score (nSPS) is 24.7. The minimum atomic E-state index is -1.07. The van der Waals surface area contributed by atoms with Crippen LogP contribution in [0.4, 0.5) is 0 Å². The number of alkyl halides is 1. The van der Waals surface area contributed by atoms with E-state index >= 15 is 0 Å².